The van der Waals surface area contributed by atoms with E-state index in [1.807, 2.05) is 42.5 Å². The van der Waals surface area contributed by atoms with Gasteiger partial charge in [-0.3, -0.25) is 4.79 Å². The molecular formula is C23H18N2O5. The highest BCUT2D eigenvalue weighted by Gasteiger charge is 2.16. The summed E-state index contributed by atoms with van der Waals surface area (Å²) in [7, 11) is 1.61. The second-order valence-corrected chi connectivity index (χ2v) is 6.75. The second-order valence-electron chi connectivity index (χ2n) is 6.75. The summed E-state index contributed by atoms with van der Waals surface area (Å²) in [5.74, 6) is 2.15. The van der Waals surface area contributed by atoms with Crippen LogP contribution in [0.3, 0.4) is 0 Å². The average molecular weight is 402 g/mol. The molecule has 4 aromatic rings. The number of amides is 1. The van der Waals surface area contributed by atoms with Gasteiger partial charge in [-0.15, -0.1) is 0 Å². The van der Waals surface area contributed by atoms with Crippen LogP contribution in [-0.4, -0.2) is 31.2 Å². The number of carbonyl (C=O) groups is 1. The molecule has 0 aliphatic carbocycles. The quantitative estimate of drug-likeness (QED) is 0.540. The number of benzene rings is 3. The number of carbonyl (C=O) groups excluding carboxylic acids is 1. The fourth-order valence-electron chi connectivity index (χ4n) is 3.28. The van der Waals surface area contributed by atoms with Gasteiger partial charge in [0.1, 0.15) is 24.5 Å². The number of hydrogen-bond donors (Lipinski definition) is 1. The molecule has 1 amide bonds. The van der Waals surface area contributed by atoms with Crippen molar-refractivity contribution in [1.82, 2.24) is 4.98 Å². The molecule has 0 bridgehead atoms. The van der Waals surface area contributed by atoms with Crippen molar-refractivity contribution in [3.8, 4) is 28.7 Å². The van der Waals surface area contributed by atoms with Gasteiger partial charge >= 0.3 is 0 Å². The molecule has 30 heavy (non-hydrogen) atoms. The lowest BCUT2D eigenvalue weighted by atomic mass is 10.1. The second kappa shape index (κ2) is 7.44. The number of ether oxygens (including phenoxy) is 3. The van der Waals surface area contributed by atoms with Crippen LogP contribution in [-0.2, 0) is 0 Å². The van der Waals surface area contributed by atoms with Crippen molar-refractivity contribution < 1.29 is 23.4 Å². The lowest BCUT2D eigenvalue weighted by Gasteiger charge is -2.18. The summed E-state index contributed by atoms with van der Waals surface area (Å²) in [5, 5.41) is 2.90. The van der Waals surface area contributed by atoms with Crippen LogP contribution in [0.4, 0.5) is 5.69 Å². The Bertz CT molecular complexity index is 1250. The van der Waals surface area contributed by atoms with Crippen molar-refractivity contribution in [2.24, 2.45) is 0 Å². The molecule has 3 aromatic carbocycles. The Morgan fingerprint density at radius 3 is 2.73 bits per heavy atom. The Morgan fingerprint density at radius 2 is 1.87 bits per heavy atom. The first-order valence-electron chi connectivity index (χ1n) is 9.45. The van der Waals surface area contributed by atoms with Crippen molar-refractivity contribution in [3.63, 3.8) is 0 Å². The van der Waals surface area contributed by atoms with Gasteiger partial charge in [-0.05, 0) is 48.5 Å². The molecule has 0 saturated carbocycles. The largest absolute Gasteiger partial charge is 0.497 e. The third-order valence-corrected chi connectivity index (χ3v) is 4.77. The molecule has 0 spiro atoms. The van der Waals surface area contributed by atoms with Gasteiger partial charge in [-0.1, -0.05) is 6.07 Å². The Labute approximate surface area is 172 Å². The third-order valence-electron chi connectivity index (χ3n) is 4.77. The molecule has 0 unspecified atom stereocenters. The maximum atomic E-state index is 12.7. The van der Waals surface area contributed by atoms with E-state index in [0.29, 0.717) is 58.7 Å². The predicted molar refractivity (Wildman–Crippen MR) is 111 cm³/mol. The van der Waals surface area contributed by atoms with Gasteiger partial charge in [-0.2, -0.15) is 0 Å². The van der Waals surface area contributed by atoms with Crippen molar-refractivity contribution in [1.29, 1.82) is 0 Å². The topological polar surface area (TPSA) is 82.8 Å². The highest BCUT2D eigenvalue weighted by atomic mass is 16.6. The van der Waals surface area contributed by atoms with Crippen molar-refractivity contribution >= 4 is 22.7 Å². The van der Waals surface area contributed by atoms with Crippen LogP contribution in [0.25, 0.3) is 22.6 Å². The highest BCUT2D eigenvalue weighted by molar-refractivity contribution is 6.05. The van der Waals surface area contributed by atoms with Gasteiger partial charge in [0.2, 0.25) is 5.89 Å². The number of anilines is 1. The maximum Gasteiger partial charge on any atom is 0.255 e. The van der Waals surface area contributed by atoms with Crippen LogP contribution in [0.1, 0.15) is 10.4 Å². The summed E-state index contributed by atoms with van der Waals surface area (Å²) in [6.45, 7) is 0.977. The van der Waals surface area contributed by atoms with Crippen LogP contribution in [0.15, 0.2) is 65.1 Å². The normalized spacial score (nSPS) is 12.6. The number of aromatic nitrogens is 1. The minimum Gasteiger partial charge on any atom is -0.497 e. The van der Waals surface area contributed by atoms with E-state index in [1.165, 1.54) is 0 Å². The molecule has 5 rings (SSSR count). The summed E-state index contributed by atoms with van der Waals surface area (Å²) >= 11 is 0. The highest BCUT2D eigenvalue weighted by Crippen LogP contribution is 2.31. The van der Waals surface area contributed by atoms with Gasteiger partial charge < -0.3 is 23.9 Å². The zero-order valence-corrected chi connectivity index (χ0v) is 16.2. The zero-order chi connectivity index (χ0) is 20.5. The average Bonchev–Trinajstić information content (AvgIpc) is 3.22. The summed E-state index contributed by atoms with van der Waals surface area (Å²) in [5.41, 5.74) is 3.24. The Kier molecular flexibility index (Phi) is 4.48. The number of rotatable bonds is 4. The fraction of sp³-hybridized carbons (Fsp3) is 0.130. The first kappa shape index (κ1) is 18.1. The number of nitrogens with zero attached hydrogens (tertiary/aromatic N) is 1. The van der Waals surface area contributed by atoms with Crippen LogP contribution >= 0.6 is 0 Å². The standard InChI is InChI=1S/C23H18N2O5/c1-27-17-6-8-19-18(13-17)25-23(30-19)15-3-2-4-16(11-15)24-22(26)14-5-7-20-21(12-14)29-10-9-28-20/h2-8,11-13H,9-10H2,1H3,(H,24,26). The van der Waals surface area contributed by atoms with Crippen LogP contribution in [0.2, 0.25) is 0 Å². The van der Waals surface area contributed by atoms with Crippen molar-refractivity contribution in [3.05, 3.63) is 66.2 Å². The fourth-order valence-corrected chi connectivity index (χ4v) is 3.28. The molecule has 0 saturated heterocycles. The van der Waals surface area contributed by atoms with Gasteiger partial charge in [0, 0.05) is 22.9 Å². The molecule has 1 N–H and O–H groups in total. The zero-order valence-electron chi connectivity index (χ0n) is 16.2. The minimum absolute atomic E-state index is 0.244. The van der Waals surface area contributed by atoms with Gasteiger partial charge in [0.15, 0.2) is 17.1 Å². The monoisotopic (exact) mass is 402 g/mol. The minimum atomic E-state index is -0.244. The summed E-state index contributed by atoms with van der Waals surface area (Å²) in [6.07, 6.45) is 0. The number of nitrogens with one attached hydrogen (secondary N) is 1. The molecule has 7 heteroatoms. The van der Waals surface area contributed by atoms with E-state index in [-0.39, 0.29) is 5.91 Å². The molecule has 2 heterocycles. The molecular weight excluding hydrogens is 384 g/mol. The molecule has 1 aliphatic rings. The van der Waals surface area contributed by atoms with E-state index in [0.717, 1.165) is 5.56 Å². The molecule has 1 aliphatic heterocycles. The van der Waals surface area contributed by atoms with E-state index < -0.39 is 0 Å². The van der Waals surface area contributed by atoms with Gasteiger partial charge in [-0.25, -0.2) is 4.98 Å². The summed E-state index contributed by atoms with van der Waals surface area (Å²) in [4.78, 5) is 17.2. The van der Waals surface area contributed by atoms with E-state index in [9.17, 15) is 4.79 Å². The van der Waals surface area contributed by atoms with Crippen LogP contribution in [0.5, 0.6) is 17.2 Å². The van der Waals surface area contributed by atoms with E-state index in [4.69, 9.17) is 18.6 Å². The number of hydrogen-bond acceptors (Lipinski definition) is 6. The van der Waals surface area contributed by atoms with E-state index >= 15 is 0 Å². The molecule has 150 valence electrons. The van der Waals surface area contributed by atoms with Crippen molar-refractivity contribution in [2.75, 3.05) is 25.6 Å². The van der Waals surface area contributed by atoms with Gasteiger partial charge in [0.05, 0.1) is 7.11 Å². The Balaban J connectivity index is 1.39. The van der Waals surface area contributed by atoms with Gasteiger partial charge in [0.25, 0.3) is 5.91 Å². The predicted octanol–water partition coefficient (Wildman–Crippen LogP) is 4.53. The van der Waals surface area contributed by atoms with Crippen LogP contribution < -0.4 is 19.5 Å². The first-order chi connectivity index (χ1) is 14.7. The first-order valence-corrected chi connectivity index (χ1v) is 9.45. The number of methoxy groups -OCH3 is 1. The summed E-state index contributed by atoms with van der Waals surface area (Å²) < 4.78 is 22.1. The molecule has 0 atom stereocenters. The smallest absolute Gasteiger partial charge is 0.255 e. The molecule has 7 nitrogen and oxygen atoms in total. The van der Waals surface area contributed by atoms with E-state index in [1.54, 1.807) is 25.3 Å². The Hall–Kier alpha value is -4.00. The molecule has 0 fully saturated rings. The summed E-state index contributed by atoms with van der Waals surface area (Å²) in [6, 6.07) is 17.9. The SMILES string of the molecule is COc1ccc2oc(-c3cccc(NC(=O)c4ccc5c(c4)OCCO5)c3)nc2c1. The Morgan fingerprint density at radius 1 is 1.00 bits per heavy atom. The molecule has 1 aromatic heterocycles. The third kappa shape index (κ3) is 3.41. The maximum absolute atomic E-state index is 12.7. The molecule has 0 radical (unpaired) electrons. The van der Waals surface area contributed by atoms with Crippen LogP contribution in [0, 0.1) is 0 Å². The lowest BCUT2D eigenvalue weighted by Crippen LogP contribution is -2.17. The lowest BCUT2D eigenvalue weighted by molar-refractivity contribution is 0.102. The van der Waals surface area contributed by atoms with Crippen molar-refractivity contribution in [2.45, 2.75) is 0 Å². The van der Waals surface area contributed by atoms with E-state index in [2.05, 4.69) is 10.3 Å². The number of fused-ring (bicyclic) bond motifs is 2. The number of oxazole rings is 1.